The Hall–Kier alpha value is -4.15. The van der Waals surface area contributed by atoms with E-state index in [1.54, 1.807) is 6.33 Å². The van der Waals surface area contributed by atoms with Gasteiger partial charge in [0.15, 0.2) is 0 Å². The lowest BCUT2D eigenvalue weighted by Gasteiger charge is -2.34. The van der Waals surface area contributed by atoms with Gasteiger partial charge in [-0.3, -0.25) is 0 Å². The molecule has 5 rings (SSSR count). The molecule has 2 aromatic heterocycles. The Balaban J connectivity index is 1.22. The number of aryl methyl sites for hydroxylation is 1. The number of carbonyl (C=O) groups excluding carboxylic acids is 2. The Morgan fingerprint density at radius 3 is 2.71 bits per heavy atom. The highest BCUT2D eigenvalue weighted by Crippen LogP contribution is 2.33. The third-order valence-corrected chi connectivity index (χ3v) is 8.40. The molecule has 0 radical (unpaired) electrons. The van der Waals surface area contributed by atoms with Gasteiger partial charge in [-0.1, -0.05) is 31.2 Å². The normalized spacial score (nSPS) is 17.4. The molecule has 1 saturated heterocycles. The Bertz CT molecular complexity index is 1410. The first-order valence-corrected chi connectivity index (χ1v) is 16.4. The lowest BCUT2D eigenvalue weighted by atomic mass is 9.92. The van der Waals surface area contributed by atoms with Gasteiger partial charge in [0.25, 0.3) is 0 Å². The number of ether oxygens (including phenoxy) is 1. The third-order valence-electron chi connectivity index (χ3n) is 8.40. The maximum Gasteiger partial charge on any atom is 0.331 e. The van der Waals surface area contributed by atoms with Crippen molar-refractivity contribution in [3.8, 4) is 0 Å². The number of pyridine rings is 1. The molecule has 2 amide bonds. The van der Waals surface area contributed by atoms with E-state index in [2.05, 4.69) is 67.3 Å². The fraction of sp³-hybridized carbons (Fsp3) is 0.559. The summed E-state index contributed by atoms with van der Waals surface area (Å²) in [6.45, 7) is 10.7. The van der Waals surface area contributed by atoms with Crippen molar-refractivity contribution >= 4 is 29.5 Å². The molecule has 3 aliphatic rings. The first kappa shape index (κ1) is 32.2. The zero-order valence-corrected chi connectivity index (χ0v) is 27.1. The molecular formula is C34H48N8O3. The highest BCUT2D eigenvalue weighted by atomic mass is 16.6. The minimum absolute atomic E-state index is 0.120. The number of rotatable bonds is 10. The molecule has 11 nitrogen and oxygen atoms in total. The zero-order chi connectivity index (χ0) is 31.8. The van der Waals surface area contributed by atoms with Crippen LogP contribution >= 0.6 is 0 Å². The summed E-state index contributed by atoms with van der Waals surface area (Å²) in [7, 11) is 0. The Morgan fingerprint density at radius 2 is 1.98 bits per heavy atom. The number of piperidine rings is 1. The summed E-state index contributed by atoms with van der Waals surface area (Å²) in [5.41, 5.74) is 3.81. The molecule has 0 spiro atoms. The van der Waals surface area contributed by atoms with Crippen LogP contribution in [0.25, 0.3) is 0 Å². The van der Waals surface area contributed by atoms with Gasteiger partial charge in [-0.25, -0.2) is 24.5 Å². The second-order valence-corrected chi connectivity index (χ2v) is 13.0. The summed E-state index contributed by atoms with van der Waals surface area (Å²) < 4.78 is 5.64. The van der Waals surface area contributed by atoms with Crippen LogP contribution in [0, 0.1) is 0 Å². The lowest BCUT2D eigenvalue weighted by Crippen LogP contribution is -2.51. The zero-order valence-electron chi connectivity index (χ0n) is 27.1. The molecule has 1 aliphatic carbocycles. The maximum atomic E-state index is 13.1. The number of hydrogen-bond acceptors (Lipinski definition) is 9. The van der Waals surface area contributed by atoms with E-state index in [9.17, 15) is 9.59 Å². The van der Waals surface area contributed by atoms with Crippen LogP contribution in [0.2, 0.25) is 0 Å². The van der Waals surface area contributed by atoms with Gasteiger partial charge in [0.05, 0.1) is 0 Å². The predicted molar refractivity (Wildman–Crippen MR) is 178 cm³/mol. The van der Waals surface area contributed by atoms with Crippen molar-refractivity contribution in [2.45, 2.75) is 90.2 Å². The first-order valence-electron chi connectivity index (χ1n) is 16.4. The number of urea groups is 1. The fourth-order valence-electron chi connectivity index (χ4n) is 6.07. The number of carbonyl (C=O) groups is 2. The van der Waals surface area contributed by atoms with Crippen LogP contribution in [0.5, 0.6) is 0 Å². The molecule has 0 saturated carbocycles. The summed E-state index contributed by atoms with van der Waals surface area (Å²) in [6.07, 6.45) is 14.7. The number of amides is 2. The third kappa shape index (κ3) is 8.73. The lowest BCUT2D eigenvalue weighted by molar-refractivity contribution is -0.156. The smallest absolute Gasteiger partial charge is 0.331 e. The van der Waals surface area contributed by atoms with E-state index >= 15 is 0 Å². The molecule has 1 fully saturated rings. The van der Waals surface area contributed by atoms with E-state index in [-0.39, 0.29) is 6.54 Å². The SMILES string of the molecule is CCc1c(NC[C@H](NC(=O)NCC2=CCCC=C2)C(=O)OC(C)(C)C)ncnc1N1CCC(c2ccc3c(n2)NCCC3)CC1. The van der Waals surface area contributed by atoms with Crippen LogP contribution in [0.15, 0.2) is 42.3 Å². The standard InChI is InChI=1S/C34H48N8O3/c1-5-26-30(36-21-28(32(43)45-34(2,3)4)41-33(44)37-20-23-10-7-6-8-11-23)38-22-39-31(26)42-18-15-24(16-19-42)27-14-13-25-12-9-17-35-29(25)40-27/h7,10-11,13-14,22,24,28H,5-6,8-9,12,15-21H2,1-4H3,(H,35,40)(H,36,38,39)(H2,37,41,44)/t28-/m0/s1. The Kier molecular flexibility index (Phi) is 10.6. The topological polar surface area (TPSA) is 133 Å². The highest BCUT2D eigenvalue weighted by molar-refractivity contribution is 5.84. The van der Waals surface area contributed by atoms with E-state index < -0.39 is 23.6 Å². The molecule has 45 heavy (non-hydrogen) atoms. The van der Waals surface area contributed by atoms with Gasteiger partial charge in [-0.2, -0.15) is 0 Å². The summed E-state index contributed by atoms with van der Waals surface area (Å²) in [5.74, 6) is 2.51. The average molecular weight is 617 g/mol. The van der Waals surface area contributed by atoms with Crippen LogP contribution in [0.1, 0.15) is 82.5 Å². The molecule has 0 aromatic carbocycles. The number of nitrogens with zero attached hydrogens (tertiary/aromatic N) is 4. The fourth-order valence-corrected chi connectivity index (χ4v) is 6.07. The molecule has 11 heteroatoms. The van der Waals surface area contributed by atoms with E-state index in [0.29, 0.717) is 24.7 Å². The van der Waals surface area contributed by atoms with Gasteiger partial charge in [0, 0.05) is 49.9 Å². The number of aromatic nitrogens is 3. The van der Waals surface area contributed by atoms with Crippen molar-refractivity contribution < 1.29 is 14.3 Å². The van der Waals surface area contributed by atoms with Crippen LogP contribution < -0.4 is 26.2 Å². The quantitative estimate of drug-likeness (QED) is 0.276. The number of anilines is 3. The van der Waals surface area contributed by atoms with Gasteiger partial charge >= 0.3 is 12.0 Å². The van der Waals surface area contributed by atoms with Gasteiger partial charge < -0.3 is 30.9 Å². The molecule has 2 aromatic rings. The van der Waals surface area contributed by atoms with Crippen molar-refractivity contribution in [1.82, 2.24) is 25.6 Å². The molecule has 0 unspecified atom stereocenters. The number of allylic oxidation sites excluding steroid dienone is 2. The van der Waals surface area contributed by atoms with E-state index in [0.717, 1.165) is 80.9 Å². The van der Waals surface area contributed by atoms with E-state index in [4.69, 9.17) is 9.72 Å². The first-order chi connectivity index (χ1) is 21.7. The monoisotopic (exact) mass is 616 g/mol. The van der Waals surface area contributed by atoms with Crippen LogP contribution in [0.3, 0.4) is 0 Å². The van der Waals surface area contributed by atoms with E-state index in [1.807, 2.05) is 26.8 Å². The molecule has 0 bridgehead atoms. The van der Waals surface area contributed by atoms with Gasteiger partial charge in [-0.15, -0.1) is 0 Å². The average Bonchev–Trinajstić information content (AvgIpc) is 3.05. The van der Waals surface area contributed by atoms with Crippen LogP contribution in [-0.2, 0) is 22.4 Å². The van der Waals surface area contributed by atoms with Crippen LogP contribution in [0.4, 0.5) is 22.2 Å². The molecular weight excluding hydrogens is 568 g/mol. The number of hydrogen-bond donors (Lipinski definition) is 4. The van der Waals surface area contributed by atoms with Gasteiger partial charge in [0.1, 0.15) is 35.4 Å². The van der Waals surface area contributed by atoms with E-state index in [1.165, 1.54) is 11.3 Å². The van der Waals surface area contributed by atoms with Crippen molar-refractivity contribution in [2.24, 2.45) is 0 Å². The molecule has 2 aliphatic heterocycles. The van der Waals surface area contributed by atoms with Gasteiger partial charge in [-0.05, 0) is 82.9 Å². The molecule has 4 heterocycles. The van der Waals surface area contributed by atoms with Crippen molar-refractivity contribution in [1.29, 1.82) is 0 Å². The second kappa shape index (κ2) is 14.8. The van der Waals surface area contributed by atoms with Crippen LogP contribution in [-0.4, -0.2) is 71.3 Å². The Labute approximate surface area is 266 Å². The number of fused-ring (bicyclic) bond motifs is 1. The molecule has 1 atom stereocenters. The second-order valence-electron chi connectivity index (χ2n) is 13.0. The summed E-state index contributed by atoms with van der Waals surface area (Å²) in [4.78, 5) is 42.5. The minimum atomic E-state index is -0.919. The molecule has 4 N–H and O–H groups in total. The summed E-state index contributed by atoms with van der Waals surface area (Å²) in [6, 6.07) is 3.09. The minimum Gasteiger partial charge on any atom is -0.458 e. The van der Waals surface area contributed by atoms with Crippen molar-refractivity contribution in [3.05, 3.63) is 59.1 Å². The highest BCUT2D eigenvalue weighted by Gasteiger charge is 2.29. The number of esters is 1. The predicted octanol–water partition coefficient (Wildman–Crippen LogP) is 4.87. The van der Waals surface area contributed by atoms with Crippen molar-refractivity contribution in [3.63, 3.8) is 0 Å². The molecule has 242 valence electrons. The summed E-state index contributed by atoms with van der Waals surface area (Å²) >= 11 is 0. The Morgan fingerprint density at radius 1 is 1.16 bits per heavy atom. The largest absolute Gasteiger partial charge is 0.458 e. The van der Waals surface area contributed by atoms with Gasteiger partial charge in [0.2, 0.25) is 0 Å². The summed E-state index contributed by atoms with van der Waals surface area (Å²) in [5, 5.41) is 12.4. The maximum absolute atomic E-state index is 13.1. The van der Waals surface area contributed by atoms with Crippen molar-refractivity contribution in [2.75, 3.05) is 48.3 Å². The number of nitrogens with one attached hydrogen (secondary N) is 4.